The molecule has 0 radical (unpaired) electrons. The minimum Gasteiger partial charge on any atom is -0.444 e. The largest absolute Gasteiger partial charge is 0.444 e. The molecule has 1 aliphatic heterocycles. The van der Waals surface area contributed by atoms with Gasteiger partial charge in [-0.3, -0.25) is 20.1 Å². The molecule has 1 fully saturated rings. The molecule has 3 aromatic heterocycles. The molecule has 0 aromatic carbocycles. The number of aryl methyl sites for hydroxylation is 1. The first-order valence-corrected chi connectivity index (χ1v) is 14.8. The molecule has 12 nitrogen and oxygen atoms in total. The summed E-state index contributed by atoms with van der Waals surface area (Å²) >= 11 is 0. The molecule has 3 aromatic rings. The van der Waals surface area contributed by atoms with Gasteiger partial charge in [-0.1, -0.05) is 6.92 Å². The zero-order valence-electron chi connectivity index (χ0n) is 26.8. The van der Waals surface area contributed by atoms with Crippen molar-refractivity contribution in [1.29, 1.82) is 0 Å². The van der Waals surface area contributed by atoms with Crippen molar-refractivity contribution >= 4 is 46.5 Å². The van der Waals surface area contributed by atoms with E-state index in [2.05, 4.69) is 25.9 Å². The molecule has 15 heteroatoms. The highest BCUT2D eigenvalue weighted by atomic mass is 19.4. The number of ether oxygens (including phenoxy) is 2. The van der Waals surface area contributed by atoms with Gasteiger partial charge < -0.3 is 29.4 Å². The van der Waals surface area contributed by atoms with Crippen LogP contribution in [0.4, 0.5) is 40.0 Å². The van der Waals surface area contributed by atoms with Crippen molar-refractivity contribution in [3.8, 4) is 0 Å². The fourth-order valence-corrected chi connectivity index (χ4v) is 4.96. The molecule has 46 heavy (non-hydrogen) atoms. The summed E-state index contributed by atoms with van der Waals surface area (Å²) in [5, 5.41) is 7.73. The summed E-state index contributed by atoms with van der Waals surface area (Å²) in [5.74, 6) is -2.76. The first-order valence-electron chi connectivity index (χ1n) is 14.8. The number of rotatable bonds is 6. The van der Waals surface area contributed by atoms with Crippen LogP contribution in [0.15, 0.2) is 35.1 Å². The van der Waals surface area contributed by atoms with Crippen LogP contribution in [0.2, 0.25) is 0 Å². The average molecular weight is 649 g/mol. The summed E-state index contributed by atoms with van der Waals surface area (Å²) in [6.45, 7) is 11.5. The Hall–Kier alpha value is -4.56. The topological polar surface area (TPSA) is 148 Å². The van der Waals surface area contributed by atoms with Gasteiger partial charge in [-0.15, -0.1) is 0 Å². The van der Waals surface area contributed by atoms with Gasteiger partial charge in [0.05, 0.1) is 29.5 Å². The monoisotopic (exact) mass is 648 g/mol. The molecular weight excluding hydrogens is 609 g/mol. The van der Waals surface area contributed by atoms with Crippen LogP contribution in [0.1, 0.15) is 70.8 Å². The predicted molar refractivity (Wildman–Crippen MR) is 165 cm³/mol. The van der Waals surface area contributed by atoms with Crippen molar-refractivity contribution in [2.24, 2.45) is 5.92 Å². The van der Waals surface area contributed by atoms with E-state index in [0.717, 1.165) is 5.56 Å². The Balaban J connectivity index is 1.66. The molecule has 0 spiro atoms. The number of halogens is 3. The van der Waals surface area contributed by atoms with Crippen molar-refractivity contribution in [2.45, 2.75) is 84.7 Å². The van der Waals surface area contributed by atoms with E-state index in [9.17, 15) is 27.6 Å². The molecule has 4 rings (SSSR count). The maximum atomic E-state index is 14.0. The van der Waals surface area contributed by atoms with Gasteiger partial charge in [-0.2, -0.15) is 13.2 Å². The van der Waals surface area contributed by atoms with E-state index < -0.39 is 54.0 Å². The summed E-state index contributed by atoms with van der Waals surface area (Å²) < 4.78 is 58.6. The molecule has 1 unspecified atom stereocenters. The Bertz CT molecular complexity index is 1590. The number of nitrogens with one attached hydrogen (secondary N) is 3. The molecule has 2 atom stereocenters. The number of fused-ring (bicyclic) bond motifs is 1. The number of nitrogens with zero attached hydrogens (tertiary/aromatic N) is 3. The maximum absolute atomic E-state index is 14.0. The van der Waals surface area contributed by atoms with Crippen LogP contribution in [0.5, 0.6) is 0 Å². The van der Waals surface area contributed by atoms with Gasteiger partial charge in [0.2, 0.25) is 5.88 Å². The number of piperidine rings is 1. The number of anilines is 3. The molecule has 250 valence electrons. The molecular formula is C31H39F3N6O6. The van der Waals surface area contributed by atoms with Crippen molar-refractivity contribution in [3.05, 3.63) is 41.9 Å². The van der Waals surface area contributed by atoms with Crippen LogP contribution >= 0.6 is 0 Å². The zero-order chi connectivity index (χ0) is 34.0. The van der Waals surface area contributed by atoms with E-state index in [4.69, 9.17) is 13.9 Å². The van der Waals surface area contributed by atoms with Crippen LogP contribution in [-0.2, 0) is 15.9 Å². The average Bonchev–Trinajstić information content (AvgIpc) is 3.27. The number of hydrogen-bond acceptors (Lipinski definition) is 9. The van der Waals surface area contributed by atoms with Gasteiger partial charge in [-0.05, 0) is 72.1 Å². The summed E-state index contributed by atoms with van der Waals surface area (Å²) in [5.41, 5.74) is -0.246. The number of pyridine rings is 2. The van der Waals surface area contributed by atoms with E-state index in [1.165, 1.54) is 23.4 Å². The quantitative estimate of drug-likeness (QED) is 0.267. The van der Waals surface area contributed by atoms with Crippen LogP contribution in [0.3, 0.4) is 0 Å². The van der Waals surface area contributed by atoms with E-state index in [-0.39, 0.29) is 46.9 Å². The van der Waals surface area contributed by atoms with Gasteiger partial charge in [0.15, 0.2) is 5.58 Å². The molecule has 0 aliphatic carbocycles. The standard InChI is InChI=1S/C31H39F3N6O6/c1-8-17-11-22-24(36-13-17)23(26(44-22)39-28(43)46-30(5,6)7)25(41)38-20-14-35-10-9-21(20)40-15-18(31(32,33)34)12-19(16-40)37-27(42)45-29(2,3)4/h9-11,13-14,18-19H,8,12,15-16H2,1-7H3,(H,37,42)(H,38,41)(H,39,43)/t18-,19?/m1/s1. The van der Waals surface area contributed by atoms with E-state index in [0.29, 0.717) is 6.42 Å². The number of hydrogen-bond donors (Lipinski definition) is 3. The lowest BCUT2D eigenvalue weighted by atomic mass is 9.93. The second-order valence-corrected chi connectivity index (χ2v) is 13.0. The second-order valence-electron chi connectivity index (χ2n) is 13.0. The number of alkyl halides is 3. The number of carbonyl (C=O) groups is 3. The molecule has 0 bridgehead atoms. The second kappa shape index (κ2) is 13.0. The lowest BCUT2D eigenvalue weighted by molar-refractivity contribution is -0.177. The number of amides is 3. The lowest BCUT2D eigenvalue weighted by Gasteiger charge is -2.40. The minimum atomic E-state index is -4.55. The highest BCUT2D eigenvalue weighted by molar-refractivity contribution is 6.16. The van der Waals surface area contributed by atoms with Gasteiger partial charge in [0, 0.05) is 25.5 Å². The predicted octanol–water partition coefficient (Wildman–Crippen LogP) is 6.67. The first-order chi connectivity index (χ1) is 21.3. The highest BCUT2D eigenvalue weighted by Crippen LogP contribution is 2.38. The fraction of sp³-hybridized carbons (Fsp3) is 0.516. The molecule has 1 saturated heterocycles. The summed E-state index contributed by atoms with van der Waals surface area (Å²) in [4.78, 5) is 48.8. The zero-order valence-corrected chi connectivity index (χ0v) is 26.8. The summed E-state index contributed by atoms with van der Waals surface area (Å²) in [6, 6.07) is 2.25. The highest BCUT2D eigenvalue weighted by Gasteiger charge is 2.45. The van der Waals surface area contributed by atoms with E-state index >= 15 is 0 Å². The lowest BCUT2D eigenvalue weighted by Crippen LogP contribution is -2.54. The van der Waals surface area contributed by atoms with Crippen molar-refractivity contribution in [3.63, 3.8) is 0 Å². The fourth-order valence-electron chi connectivity index (χ4n) is 4.96. The Labute approximate surface area is 264 Å². The Morgan fingerprint density at radius 1 is 1.00 bits per heavy atom. The Morgan fingerprint density at radius 3 is 2.30 bits per heavy atom. The molecule has 3 N–H and O–H groups in total. The van der Waals surface area contributed by atoms with Gasteiger partial charge in [0.25, 0.3) is 5.91 Å². The molecule has 3 amide bonds. The van der Waals surface area contributed by atoms with Gasteiger partial charge >= 0.3 is 18.4 Å². The van der Waals surface area contributed by atoms with E-state index in [1.54, 1.807) is 53.8 Å². The van der Waals surface area contributed by atoms with Crippen LogP contribution < -0.4 is 20.9 Å². The summed E-state index contributed by atoms with van der Waals surface area (Å²) in [6.07, 6.45) is -1.71. The third-order valence-electron chi connectivity index (χ3n) is 6.86. The van der Waals surface area contributed by atoms with Gasteiger partial charge in [-0.25, -0.2) is 9.59 Å². The third kappa shape index (κ3) is 8.79. The number of aromatic nitrogens is 2. The normalized spacial score (nSPS) is 17.4. The maximum Gasteiger partial charge on any atom is 0.414 e. The molecule has 4 heterocycles. The van der Waals surface area contributed by atoms with Crippen LogP contribution in [0.25, 0.3) is 11.1 Å². The SMILES string of the molecule is CCc1cnc2c(C(=O)Nc3cnccc3N3CC(NC(=O)OC(C)(C)C)C[C@@H](C(F)(F)F)C3)c(NC(=O)OC(C)(C)C)oc2c1. The minimum absolute atomic E-state index is 0.000146. The first kappa shape index (κ1) is 34.3. The van der Waals surface area contributed by atoms with Crippen LogP contribution in [0, 0.1) is 5.92 Å². The third-order valence-corrected chi connectivity index (χ3v) is 6.86. The Kier molecular flexibility index (Phi) is 9.73. The number of carbonyl (C=O) groups excluding carboxylic acids is 3. The Morgan fingerprint density at radius 2 is 1.67 bits per heavy atom. The van der Waals surface area contributed by atoms with Crippen molar-refractivity contribution < 1.29 is 41.4 Å². The molecule has 0 saturated carbocycles. The summed E-state index contributed by atoms with van der Waals surface area (Å²) in [7, 11) is 0. The van der Waals surface area contributed by atoms with E-state index in [1.807, 2.05) is 6.92 Å². The van der Waals surface area contributed by atoms with Crippen molar-refractivity contribution in [1.82, 2.24) is 15.3 Å². The number of furan rings is 1. The molecule has 1 aliphatic rings. The van der Waals surface area contributed by atoms with Gasteiger partial charge in [0.1, 0.15) is 22.3 Å². The smallest absolute Gasteiger partial charge is 0.414 e. The number of alkyl carbamates (subject to hydrolysis) is 1. The van der Waals surface area contributed by atoms with Crippen LogP contribution in [-0.4, -0.2) is 64.6 Å². The van der Waals surface area contributed by atoms with Crippen molar-refractivity contribution in [2.75, 3.05) is 28.6 Å².